The second kappa shape index (κ2) is 16.8. The van der Waals surface area contributed by atoms with Crippen molar-refractivity contribution in [1.29, 1.82) is 0 Å². The maximum absolute atomic E-state index is 14.4. The number of fused-ring (bicyclic) bond motifs is 1. The standard InChI is InChI=1S/C36H47N3O8S/c1-25-22-39(26(2)24-40)36(42)32-21-29(37-48(43,44)31-17-15-30(45-5)16-18-31)14-19-33(32)47-27(3)11-9-10-20-46-34(25)23-38(4)35(41)28-12-7-6-8-13-28/h6-8,12-19,21,25-27,34,37,40H,9-11,20,22-24H2,1-5H3/t25-,26+,27+,34+/m0/s1. The molecule has 3 aromatic carbocycles. The van der Waals surface area contributed by atoms with Gasteiger partial charge in [-0.25, -0.2) is 8.42 Å². The highest BCUT2D eigenvalue weighted by molar-refractivity contribution is 7.92. The maximum Gasteiger partial charge on any atom is 0.261 e. The number of amides is 2. The van der Waals surface area contributed by atoms with E-state index in [0.717, 1.165) is 12.8 Å². The zero-order valence-corrected chi connectivity index (χ0v) is 29.1. The molecule has 260 valence electrons. The Labute approximate surface area is 283 Å². The number of nitrogens with zero attached hydrogens (tertiary/aromatic N) is 2. The Balaban J connectivity index is 1.65. The van der Waals surface area contributed by atoms with Crippen LogP contribution in [0.1, 0.15) is 60.7 Å². The van der Waals surface area contributed by atoms with Crippen molar-refractivity contribution in [1.82, 2.24) is 9.80 Å². The lowest BCUT2D eigenvalue weighted by Crippen LogP contribution is -2.48. The van der Waals surface area contributed by atoms with Crippen molar-refractivity contribution < 1.29 is 37.3 Å². The molecule has 4 atom stereocenters. The van der Waals surface area contributed by atoms with Gasteiger partial charge in [-0.15, -0.1) is 0 Å². The molecular formula is C36H47N3O8S. The highest BCUT2D eigenvalue weighted by Gasteiger charge is 2.31. The fraction of sp³-hybridized carbons (Fsp3) is 0.444. The molecule has 2 amide bonds. The summed E-state index contributed by atoms with van der Waals surface area (Å²) in [5.74, 6) is 0.0387. The monoisotopic (exact) mass is 681 g/mol. The predicted octanol–water partition coefficient (Wildman–Crippen LogP) is 5.06. The quantitative estimate of drug-likeness (QED) is 0.320. The second-order valence-corrected chi connectivity index (χ2v) is 14.0. The van der Waals surface area contributed by atoms with Crippen molar-refractivity contribution in [3.63, 3.8) is 0 Å². The summed E-state index contributed by atoms with van der Waals surface area (Å²) < 4.78 is 46.8. The van der Waals surface area contributed by atoms with Crippen LogP contribution in [0.5, 0.6) is 11.5 Å². The minimum Gasteiger partial charge on any atom is -0.497 e. The molecule has 0 unspecified atom stereocenters. The van der Waals surface area contributed by atoms with Crippen LogP contribution in [-0.2, 0) is 14.8 Å². The summed E-state index contributed by atoms with van der Waals surface area (Å²) >= 11 is 0. The Kier molecular flexibility index (Phi) is 12.9. The summed E-state index contributed by atoms with van der Waals surface area (Å²) in [6.45, 7) is 6.31. The van der Waals surface area contributed by atoms with Gasteiger partial charge in [0.25, 0.3) is 21.8 Å². The number of rotatable bonds is 9. The molecule has 12 heteroatoms. The molecule has 0 fully saturated rings. The number of benzene rings is 3. The van der Waals surface area contributed by atoms with Crippen molar-refractivity contribution >= 4 is 27.5 Å². The Hall–Kier alpha value is -4.13. The Bertz CT molecular complexity index is 1620. The van der Waals surface area contributed by atoms with Crippen molar-refractivity contribution in [2.45, 2.75) is 63.2 Å². The summed E-state index contributed by atoms with van der Waals surface area (Å²) in [5.41, 5.74) is 0.917. The first kappa shape index (κ1) is 36.7. The van der Waals surface area contributed by atoms with Crippen LogP contribution >= 0.6 is 0 Å². The number of anilines is 1. The number of hydrogen-bond donors (Lipinski definition) is 2. The van der Waals surface area contributed by atoms with Gasteiger partial charge in [-0.05, 0) is 87.7 Å². The van der Waals surface area contributed by atoms with Crippen LogP contribution < -0.4 is 14.2 Å². The molecule has 3 aromatic rings. The van der Waals surface area contributed by atoms with Crippen LogP contribution in [-0.4, -0.2) is 93.8 Å². The number of carbonyl (C=O) groups excluding carboxylic acids is 2. The van der Waals surface area contributed by atoms with Gasteiger partial charge in [0.1, 0.15) is 11.5 Å². The van der Waals surface area contributed by atoms with Crippen molar-refractivity contribution in [2.24, 2.45) is 5.92 Å². The molecule has 0 radical (unpaired) electrons. The lowest BCUT2D eigenvalue weighted by atomic mass is 10.0. The SMILES string of the molecule is COc1ccc(S(=O)(=O)Nc2ccc3c(c2)C(=O)N([C@H](C)CO)C[C@H](C)[C@@H](CN(C)C(=O)c2ccccc2)OCCCC[C@@H](C)O3)cc1. The third kappa shape index (κ3) is 9.48. The van der Waals surface area contributed by atoms with Crippen LogP contribution in [0, 0.1) is 5.92 Å². The average Bonchev–Trinajstić information content (AvgIpc) is 3.09. The van der Waals surface area contributed by atoms with Gasteiger partial charge in [-0.1, -0.05) is 25.1 Å². The number of sulfonamides is 1. The van der Waals surface area contributed by atoms with E-state index in [4.69, 9.17) is 14.2 Å². The van der Waals surface area contributed by atoms with Gasteiger partial charge in [0.15, 0.2) is 0 Å². The summed E-state index contributed by atoms with van der Waals surface area (Å²) in [4.78, 5) is 30.8. The zero-order valence-electron chi connectivity index (χ0n) is 28.3. The summed E-state index contributed by atoms with van der Waals surface area (Å²) in [6.07, 6.45) is 1.66. The van der Waals surface area contributed by atoms with E-state index in [1.807, 2.05) is 32.0 Å². The minimum absolute atomic E-state index is 0.0330. The number of carbonyl (C=O) groups is 2. The van der Waals surface area contributed by atoms with E-state index in [-0.39, 0.29) is 47.2 Å². The molecule has 0 bridgehead atoms. The minimum atomic E-state index is -3.99. The van der Waals surface area contributed by atoms with E-state index < -0.39 is 28.1 Å². The van der Waals surface area contributed by atoms with Crippen LogP contribution in [0.2, 0.25) is 0 Å². The Morgan fingerprint density at radius 3 is 2.46 bits per heavy atom. The number of aliphatic hydroxyl groups is 1. The number of likely N-dealkylation sites (N-methyl/N-ethyl adjacent to an activating group) is 1. The molecule has 48 heavy (non-hydrogen) atoms. The van der Waals surface area contributed by atoms with E-state index in [9.17, 15) is 23.1 Å². The maximum atomic E-state index is 14.4. The molecule has 11 nitrogen and oxygen atoms in total. The summed E-state index contributed by atoms with van der Waals surface area (Å²) in [5, 5.41) is 10.2. The molecule has 0 aliphatic carbocycles. The molecule has 0 spiro atoms. The zero-order chi connectivity index (χ0) is 34.8. The molecule has 1 heterocycles. The Morgan fingerprint density at radius 1 is 1.08 bits per heavy atom. The number of nitrogens with one attached hydrogen (secondary N) is 1. The average molecular weight is 682 g/mol. The van der Waals surface area contributed by atoms with E-state index >= 15 is 0 Å². The lowest BCUT2D eigenvalue weighted by molar-refractivity contribution is -0.0149. The molecule has 0 saturated carbocycles. The van der Waals surface area contributed by atoms with Crippen molar-refractivity contribution in [2.75, 3.05) is 45.2 Å². The smallest absolute Gasteiger partial charge is 0.261 e. The van der Waals surface area contributed by atoms with E-state index in [1.54, 1.807) is 60.2 Å². The highest BCUT2D eigenvalue weighted by atomic mass is 32.2. The first-order valence-electron chi connectivity index (χ1n) is 16.2. The summed E-state index contributed by atoms with van der Waals surface area (Å²) in [6, 6.07) is 19.1. The Morgan fingerprint density at radius 2 is 1.79 bits per heavy atom. The van der Waals surface area contributed by atoms with Gasteiger partial charge < -0.3 is 29.1 Å². The highest BCUT2D eigenvalue weighted by Crippen LogP contribution is 2.30. The first-order chi connectivity index (χ1) is 22.9. The second-order valence-electron chi connectivity index (χ2n) is 12.3. The van der Waals surface area contributed by atoms with Gasteiger partial charge in [0.05, 0.1) is 42.4 Å². The third-order valence-electron chi connectivity index (χ3n) is 8.49. The number of ether oxygens (including phenoxy) is 3. The van der Waals surface area contributed by atoms with Crippen LogP contribution in [0.3, 0.4) is 0 Å². The lowest BCUT2D eigenvalue weighted by Gasteiger charge is -2.36. The van der Waals surface area contributed by atoms with Crippen LogP contribution in [0.15, 0.2) is 77.7 Å². The molecule has 1 aliphatic rings. The van der Waals surface area contributed by atoms with E-state index in [0.29, 0.717) is 36.6 Å². The van der Waals surface area contributed by atoms with Crippen molar-refractivity contribution in [3.8, 4) is 11.5 Å². The summed E-state index contributed by atoms with van der Waals surface area (Å²) in [7, 11) is -0.758. The van der Waals surface area contributed by atoms with Gasteiger partial charge in [0.2, 0.25) is 0 Å². The van der Waals surface area contributed by atoms with Gasteiger partial charge in [0, 0.05) is 43.9 Å². The van der Waals surface area contributed by atoms with Crippen molar-refractivity contribution in [3.05, 3.63) is 83.9 Å². The van der Waals surface area contributed by atoms with Gasteiger partial charge in [-0.3, -0.25) is 14.3 Å². The molecule has 4 rings (SSSR count). The number of aliphatic hydroxyl groups excluding tert-OH is 1. The van der Waals surface area contributed by atoms with E-state index in [1.165, 1.54) is 25.3 Å². The van der Waals surface area contributed by atoms with Crippen LogP contribution in [0.25, 0.3) is 0 Å². The molecule has 2 N–H and O–H groups in total. The largest absolute Gasteiger partial charge is 0.497 e. The molecule has 1 aliphatic heterocycles. The topological polar surface area (TPSA) is 135 Å². The van der Waals surface area contributed by atoms with E-state index in [2.05, 4.69) is 4.72 Å². The van der Waals surface area contributed by atoms with Gasteiger partial charge in [-0.2, -0.15) is 0 Å². The molecule has 0 saturated heterocycles. The fourth-order valence-electron chi connectivity index (χ4n) is 5.57. The first-order valence-corrected chi connectivity index (χ1v) is 17.7. The molecular weight excluding hydrogens is 634 g/mol. The normalized spacial score (nSPS) is 20.1. The number of hydrogen-bond acceptors (Lipinski definition) is 8. The van der Waals surface area contributed by atoms with Gasteiger partial charge >= 0.3 is 0 Å². The fourth-order valence-corrected chi connectivity index (χ4v) is 6.62. The number of methoxy groups -OCH3 is 1. The third-order valence-corrected chi connectivity index (χ3v) is 9.89. The van der Waals surface area contributed by atoms with Crippen LogP contribution in [0.4, 0.5) is 5.69 Å². The molecule has 0 aromatic heterocycles. The predicted molar refractivity (Wildman–Crippen MR) is 184 cm³/mol.